The minimum absolute atomic E-state index is 0.0482. The van der Waals surface area contributed by atoms with Crippen molar-refractivity contribution in [3.8, 4) is 0 Å². The third-order valence-corrected chi connectivity index (χ3v) is 4.04. The summed E-state index contributed by atoms with van der Waals surface area (Å²) in [4.78, 5) is 24.3. The molecule has 0 aliphatic rings. The van der Waals surface area contributed by atoms with Gasteiger partial charge in [-0.1, -0.05) is 0 Å². The van der Waals surface area contributed by atoms with Crippen LogP contribution in [-0.2, 0) is 0 Å². The van der Waals surface area contributed by atoms with Crippen molar-refractivity contribution in [2.45, 2.75) is 13.0 Å². The first-order valence-corrected chi connectivity index (χ1v) is 8.17. The molecule has 0 spiro atoms. The van der Waals surface area contributed by atoms with Crippen molar-refractivity contribution in [2.75, 3.05) is 17.2 Å². The van der Waals surface area contributed by atoms with Crippen LogP contribution in [0.4, 0.5) is 17.5 Å². The summed E-state index contributed by atoms with van der Waals surface area (Å²) in [5, 5.41) is 6.12. The minimum atomic E-state index is -0.606. The summed E-state index contributed by atoms with van der Waals surface area (Å²) in [5.74, 6) is 0.0970. The van der Waals surface area contributed by atoms with Gasteiger partial charge < -0.3 is 22.1 Å². The molecule has 1 aromatic carbocycles. The molecule has 6 N–H and O–H groups in total. The summed E-state index contributed by atoms with van der Waals surface area (Å²) in [6, 6.07) is 5.68. The summed E-state index contributed by atoms with van der Waals surface area (Å²) in [7, 11) is 0. The topological polar surface area (TPSA) is 132 Å². The van der Waals surface area contributed by atoms with Crippen LogP contribution in [0.25, 0.3) is 10.2 Å². The van der Waals surface area contributed by atoms with Gasteiger partial charge in [0, 0.05) is 24.5 Å². The van der Waals surface area contributed by atoms with Crippen molar-refractivity contribution in [3.63, 3.8) is 0 Å². The molecule has 124 valence electrons. The predicted molar refractivity (Wildman–Crippen MR) is 95.6 cm³/mol. The number of fused-ring (bicyclic) bond motifs is 1. The number of nitrogens with one attached hydrogen (secondary N) is 2. The Morgan fingerprint density at radius 1 is 1.38 bits per heavy atom. The van der Waals surface area contributed by atoms with Crippen LogP contribution >= 0.6 is 11.3 Å². The summed E-state index contributed by atoms with van der Waals surface area (Å²) in [5.41, 5.74) is 14.7. The fourth-order valence-electron chi connectivity index (χ4n) is 2.07. The van der Waals surface area contributed by atoms with E-state index in [2.05, 4.69) is 25.6 Å². The maximum atomic E-state index is 11.6. The number of hydrogen-bond donors (Lipinski definition) is 4. The van der Waals surface area contributed by atoms with Crippen LogP contribution in [0.3, 0.4) is 0 Å². The summed E-state index contributed by atoms with van der Waals surface area (Å²) in [6.07, 6.45) is 1.39. The van der Waals surface area contributed by atoms with Gasteiger partial charge in [0.15, 0.2) is 0 Å². The van der Waals surface area contributed by atoms with E-state index in [9.17, 15) is 4.79 Å². The van der Waals surface area contributed by atoms with Crippen molar-refractivity contribution in [2.24, 2.45) is 11.5 Å². The van der Waals surface area contributed by atoms with E-state index in [-0.39, 0.29) is 11.6 Å². The Bertz CT molecular complexity index is 877. The van der Waals surface area contributed by atoms with Crippen LogP contribution < -0.4 is 22.1 Å². The standard InChI is InChI=1S/C15H17N7OS/c1-8(16)5-18-15-19-6-10(13(17)23)14(22-15)21-9-2-3-12-11(4-9)20-7-24-12/h2-4,6-8H,5,16H2,1H3,(H2,17,23)(H2,18,19,21,22). The molecular weight excluding hydrogens is 326 g/mol. The summed E-state index contributed by atoms with van der Waals surface area (Å²) < 4.78 is 1.08. The largest absolute Gasteiger partial charge is 0.365 e. The van der Waals surface area contributed by atoms with E-state index in [0.717, 1.165) is 15.9 Å². The third kappa shape index (κ3) is 3.58. The lowest BCUT2D eigenvalue weighted by atomic mass is 10.2. The predicted octanol–water partition coefficient (Wildman–Crippen LogP) is 1.69. The van der Waals surface area contributed by atoms with Gasteiger partial charge in [0.25, 0.3) is 5.91 Å². The number of primary amides is 1. The van der Waals surface area contributed by atoms with Crippen LogP contribution in [0, 0.1) is 0 Å². The van der Waals surface area contributed by atoms with E-state index < -0.39 is 5.91 Å². The molecule has 3 rings (SSSR count). The normalized spacial score (nSPS) is 12.1. The van der Waals surface area contributed by atoms with Crippen molar-refractivity contribution in [3.05, 3.63) is 35.5 Å². The Labute approximate surface area is 142 Å². The lowest BCUT2D eigenvalue weighted by Gasteiger charge is -2.12. The number of thiazole rings is 1. The molecule has 0 bridgehead atoms. The molecule has 0 saturated heterocycles. The Morgan fingerprint density at radius 3 is 2.96 bits per heavy atom. The van der Waals surface area contributed by atoms with Crippen molar-refractivity contribution < 1.29 is 4.79 Å². The minimum Gasteiger partial charge on any atom is -0.365 e. The average Bonchev–Trinajstić information content (AvgIpc) is 3.00. The Hall–Kier alpha value is -2.78. The number of nitrogens with two attached hydrogens (primary N) is 2. The number of benzene rings is 1. The van der Waals surface area contributed by atoms with Gasteiger partial charge >= 0.3 is 0 Å². The van der Waals surface area contributed by atoms with Gasteiger partial charge in [-0.05, 0) is 25.1 Å². The highest BCUT2D eigenvalue weighted by atomic mass is 32.1. The summed E-state index contributed by atoms with van der Waals surface area (Å²) in [6.45, 7) is 2.38. The number of carbonyl (C=O) groups is 1. The molecule has 24 heavy (non-hydrogen) atoms. The molecule has 2 aromatic heterocycles. The second-order valence-corrected chi connectivity index (χ2v) is 6.22. The molecule has 3 aromatic rings. The SMILES string of the molecule is CC(N)CNc1ncc(C(N)=O)c(Nc2ccc3scnc3c2)n1. The number of hydrogen-bond acceptors (Lipinski definition) is 8. The van der Waals surface area contributed by atoms with Gasteiger partial charge in [-0.2, -0.15) is 4.98 Å². The molecule has 0 aliphatic carbocycles. The Morgan fingerprint density at radius 2 is 2.21 bits per heavy atom. The van der Waals surface area contributed by atoms with Gasteiger partial charge in [0.1, 0.15) is 11.4 Å². The van der Waals surface area contributed by atoms with Crippen LogP contribution in [-0.4, -0.2) is 33.4 Å². The first-order valence-electron chi connectivity index (χ1n) is 7.29. The smallest absolute Gasteiger partial charge is 0.254 e. The Balaban J connectivity index is 1.91. The molecule has 0 radical (unpaired) electrons. The number of nitrogens with zero attached hydrogens (tertiary/aromatic N) is 3. The van der Waals surface area contributed by atoms with Crippen LogP contribution in [0.5, 0.6) is 0 Å². The number of aromatic nitrogens is 3. The first kappa shape index (κ1) is 16.1. The Kier molecular flexibility index (Phi) is 4.54. The monoisotopic (exact) mass is 343 g/mol. The molecule has 0 fully saturated rings. The molecule has 9 heteroatoms. The van der Waals surface area contributed by atoms with E-state index in [1.54, 1.807) is 16.8 Å². The zero-order valence-electron chi connectivity index (χ0n) is 13.0. The number of anilines is 3. The van der Waals surface area contributed by atoms with E-state index in [4.69, 9.17) is 11.5 Å². The lowest BCUT2D eigenvalue weighted by molar-refractivity contribution is 0.100. The molecule has 1 amide bonds. The lowest BCUT2D eigenvalue weighted by Crippen LogP contribution is -2.26. The highest BCUT2D eigenvalue weighted by Gasteiger charge is 2.13. The van der Waals surface area contributed by atoms with Gasteiger partial charge in [0.05, 0.1) is 15.7 Å². The molecule has 2 heterocycles. The fourth-order valence-corrected chi connectivity index (χ4v) is 2.73. The molecule has 1 atom stereocenters. The van der Waals surface area contributed by atoms with Crippen LogP contribution in [0.1, 0.15) is 17.3 Å². The maximum Gasteiger partial charge on any atom is 0.254 e. The van der Waals surface area contributed by atoms with Gasteiger partial charge in [-0.3, -0.25) is 4.79 Å². The van der Waals surface area contributed by atoms with Crippen LogP contribution in [0.15, 0.2) is 29.9 Å². The molecule has 0 saturated carbocycles. The van der Waals surface area contributed by atoms with Gasteiger partial charge in [-0.15, -0.1) is 11.3 Å². The first-order chi connectivity index (χ1) is 11.5. The van der Waals surface area contributed by atoms with E-state index in [0.29, 0.717) is 18.3 Å². The quantitative estimate of drug-likeness (QED) is 0.535. The zero-order valence-corrected chi connectivity index (χ0v) is 13.8. The average molecular weight is 343 g/mol. The number of carbonyl (C=O) groups excluding carboxylic acids is 1. The van der Waals surface area contributed by atoms with E-state index in [1.165, 1.54) is 6.20 Å². The summed E-state index contributed by atoms with van der Waals surface area (Å²) >= 11 is 1.56. The number of rotatable bonds is 6. The van der Waals surface area contributed by atoms with E-state index in [1.807, 2.05) is 25.1 Å². The second kappa shape index (κ2) is 6.77. The molecule has 0 aliphatic heterocycles. The molecule has 8 nitrogen and oxygen atoms in total. The van der Waals surface area contributed by atoms with Crippen molar-refractivity contribution in [1.29, 1.82) is 0 Å². The number of amides is 1. The fraction of sp³-hybridized carbons (Fsp3) is 0.200. The van der Waals surface area contributed by atoms with Gasteiger partial charge in [0.2, 0.25) is 5.95 Å². The molecular formula is C15H17N7OS. The van der Waals surface area contributed by atoms with Crippen molar-refractivity contribution in [1.82, 2.24) is 15.0 Å². The highest BCUT2D eigenvalue weighted by molar-refractivity contribution is 7.16. The molecule has 1 unspecified atom stereocenters. The second-order valence-electron chi connectivity index (χ2n) is 5.34. The van der Waals surface area contributed by atoms with Crippen LogP contribution in [0.2, 0.25) is 0 Å². The van der Waals surface area contributed by atoms with Gasteiger partial charge in [-0.25, -0.2) is 9.97 Å². The maximum absolute atomic E-state index is 11.6. The van der Waals surface area contributed by atoms with Crippen molar-refractivity contribution >= 4 is 44.9 Å². The highest BCUT2D eigenvalue weighted by Crippen LogP contribution is 2.25. The third-order valence-electron chi connectivity index (χ3n) is 3.23. The van der Waals surface area contributed by atoms with E-state index >= 15 is 0 Å². The zero-order chi connectivity index (χ0) is 17.1.